The first-order valence-electron chi connectivity index (χ1n) is 3.75. The molecule has 0 radical (unpaired) electrons. The molecule has 0 aliphatic carbocycles. The van der Waals surface area contributed by atoms with Crippen molar-refractivity contribution in [3.63, 3.8) is 0 Å². The molecule has 0 saturated carbocycles. The van der Waals surface area contributed by atoms with Crippen molar-refractivity contribution in [1.29, 1.82) is 0 Å². The first-order chi connectivity index (χ1) is 5.75. The van der Waals surface area contributed by atoms with E-state index in [1.54, 1.807) is 0 Å². The number of aromatic nitrogens is 1. The van der Waals surface area contributed by atoms with Crippen LogP contribution >= 0.6 is 0 Å². The van der Waals surface area contributed by atoms with Gasteiger partial charge in [0.05, 0.1) is 6.20 Å². The monoisotopic (exact) mass is 171 g/mol. The second-order valence-corrected chi connectivity index (χ2v) is 2.54. The lowest BCUT2D eigenvalue weighted by molar-refractivity contribution is 0.278. The highest BCUT2D eigenvalue weighted by atomic mass is 16.5. The SMILES string of the molecule is CNCCN(C)c1cnoc1O. The second-order valence-electron chi connectivity index (χ2n) is 2.54. The summed E-state index contributed by atoms with van der Waals surface area (Å²) in [6.07, 6.45) is 1.49. The van der Waals surface area contributed by atoms with Crippen LogP contribution in [-0.2, 0) is 0 Å². The third-order valence-electron chi connectivity index (χ3n) is 1.64. The van der Waals surface area contributed by atoms with E-state index in [1.807, 2.05) is 19.0 Å². The van der Waals surface area contributed by atoms with Crippen molar-refractivity contribution < 1.29 is 9.63 Å². The molecule has 5 nitrogen and oxygen atoms in total. The van der Waals surface area contributed by atoms with Gasteiger partial charge in [0.2, 0.25) is 0 Å². The molecule has 0 fully saturated rings. The third-order valence-corrected chi connectivity index (χ3v) is 1.64. The van der Waals surface area contributed by atoms with Crippen molar-refractivity contribution in [2.24, 2.45) is 0 Å². The Morgan fingerprint density at radius 1 is 1.75 bits per heavy atom. The molecular formula is C7H13N3O2. The lowest BCUT2D eigenvalue weighted by atomic mass is 10.4. The van der Waals surface area contributed by atoms with E-state index in [9.17, 15) is 0 Å². The summed E-state index contributed by atoms with van der Waals surface area (Å²) in [6.45, 7) is 1.65. The summed E-state index contributed by atoms with van der Waals surface area (Å²) >= 11 is 0. The molecule has 0 unspecified atom stereocenters. The smallest absolute Gasteiger partial charge is 0.332 e. The van der Waals surface area contributed by atoms with Gasteiger partial charge in [-0.25, -0.2) is 0 Å². The molecule has 0 spiro atoms. The molecule has 0 bridgehead atoms. The van der Waals surface area contributed by atoms with Crippen LogP contribution < -0.4 is 10.2 Å². The minimum Gasteiger partial charge on any atom is -0.478 e. The summed E-state index contributed by atoms with van der Waals surface area (Å²) in [6, 6.07) is 0. The predicted octanol–water partition coefficient (Wildman–Crippen LogP) is 0.0358. The molecule has 12 heavy (non-hydrogen) atoms. The highest BCUT2D eigenvalue weighted by Crippen LogP contribution is 2.24. The van der Waals surface area contributed by atoms with Gasteiger partial charge >= 0.3 is 5.95 Å². The molecule has 0 aliphatic rings. The van der Waals surface area contributed by atoms with Crippen molar-refractivity contribution in [2.45, 2.75) is 0 Å². The summed E-state index contributed by atoms with van der Waals surface area (Å²) in [5, 5.41) is 15.6. The Hall–Kier alpha value is -1.23. The van der Waals surface area contributed by atoms with Gasteiger partial charge in [0.15, 0.2) is 0 Å². The van der Waals surface area contributed by atoms with E-state index in [0.29, 0.717) is 5.69 Å². The number of aromatic hydroxyl groups is 1. The standard InChI is InChI=1S/C7H13N3O2/c1-8-3-4-10(2)6-5-9-12-7(6)11/h5,8,11H,3-4H2,1-2H3. The van der Waals surface area contributed by atoms with Crippen molar-refractivity contribution in [3.8, 4) is 5.95 Å². The van der Waals surface area contributed by atoms with E-state index >= 15 is 0 Å². The normalized spacial score (nSPS) is 10.2. The van der Waals surface area contributed by atoms with Gasteiger partial charge in [-0.15, -0.1) is 0 Å². The molecule has 5 heteroatoms. The molecule has 0 atom stereocenters. The predicted molar refractivity (Wildman–Crippen MR) is 45.4 cm³/mol. The number of anilines is 1. The zero-order valence-corrected chi connectivity index (χ0v) is 7.24. The van der Waals surface area contributed by atoms with Gasteiger partial charge in [-0.05, 0) is 7.05 Å². The molecule has 1 rings (SSSR count). The fourth-order valence-corrected chi connectivity index (χ4v) is 0.890. The van der Waals surface area contributed by atoms with Crippen molar-refractivity contribution >= 4 is 5.69 Å². The van der Waals surface area contributed by atoms with Crippen LogP contribution in [0.3, 0.4) is 0 Å². The molecule has 0 aromatic carbocycles. The van der Waals surface area contributed by atoms with E-state index in [0.717, 1.165) is 13.1 Å². The molecule has 68 valence electrons. The van der Waals surface area contributed by atoms with Crippen LogP contribution in [-0.4, -0.2) is 37.4 Å². The number of likely N-dealkylation sites (N-methyl/N-ethyl adjacent to an activating group) is 2. The maximum Gasteiger partial charge on any atom is 0.332 e. The first kappa shape index (κ1) is 8.86. The Balaban J connectivity index is 2.52. The zero-order chi connectivity index (χ0) is 8.97. The Kier molecular flexibility index (Phi) is 2.93. The zero-order valence-electron chi connectivity index (χ0n) is 7.24. The molecule has 2 N–H and O–H groups in total. The topological polar surface area (TPSA) is 61.5 Å². The van der Waals surface area contributed by atoms with Gasteiger partial charge in [-0.2, -0.15) is 0 Å². The Morgan fingerprint density at radius 3 is 3.00 bits per heavy atom. The summed E-state index contributed by atoms with van der Waals surface area (Å²) in [5.74, 6) is -0.131. The number of nitrogens with zero attached hydrogens (tertiary/aromatic N) is 2. The Morgan fingerprint density at radius 2 is 2.50 bits per heavy atom. The fourth-order valence-electron chi connectivity index (χ4n) is 0.890. The van der Waals surface area contributed by atoms with Crippen LogP contribution in [0.2, 0.25) is 0 Å². The van der Waals surface area contributed by atoms with Crippen molar-refractivity contribution in [3.05, 3.63) is 6.20 Å². The number of rotatable bonds is 4. The lowest BCUT2D eigenvalue weighted by Gasteiger charge is -2.15. The second kappa shape index (κ2) is 3.96. The lowest BCUT2D eigenvalue weighted by Crippen LogP contribution is -2.26. The Bertz CT molecular complexity index is 236. The summed E-state index contributed by atoms with van der Waals surface area (Å²) in [5.41, 5.74) is 0.616. The van der Waals surface area contributed by atoms with Crippen LogP contribution in [0, 0.1) is 0 Å². The molecule has 1 heterocycles. The van der Waals surface area contributed by atoms with Crippen LogP contribution in [0.15, 0.2) is 10.7 Å². The van der Waals surface area contributed by atoms with Crippen molar-refractivity contribution in [2.75, 3.05) is 32.1 Å². The summed E-state index contributed by atoms with van der Waals surface area (Å²) < 4.78 is 4.51. The van der Waals surface area contributed by atoms with Gasteiger partial charge in [0.25, 0.3) is 0 Å². The average molecular weight is 171 g/mol. The van der Waals surface area contributed by atoms with E-state index in [-0.39, 0.29) is 5.95 Å². The van der Waals surface area contributed by atoms with Crippen LogP contribution in [0.4, 0.5) is 5.69 Å². The Labute approximate surface area is 71.0 Å². The molecule has 0 aliphatic heterocycles. The maximum absolute atomic E-state index is 9.13. The van der Waals surface area contributed by atoms with Gasteiger partial charge in [-0.3, -0.25) is 0 Å². The van der Waals surface area contributed by atoms with Gasteiger partial charge in [-0.1, -0.05) is 5.16 Å². The van der Waals surface area contributed by atoms with Gasteiger partial charge in [0, 0.05) is 20.1 Å². The largest absolute Gasteiger partial charge is 0.478 e. The van der Waals surface area contributed by atoms with E-state index in [2.05, 4.69) is 15.0 Å². The minimum atomic E-state index is -0.131. The minimum absolute atomic E-state index is 0.131. The highest BCUT2D eigenvalue weighted by Gasteiger charge is 2.09. The van der Waals surface area contributed by atoms with Crippen LogP contribution in [0.1, 0.15) is 0 Å². The number of hydrogen-bond acceptors (Lipinski definition) is 5. The quantitative estimate of drug-likeness (QED) is 0.669. The average Bonchev–Trinajstić information content (AvgIpc) is 2.47. The fraction of sp³-hybridized carbons (Fsp3) is 0.571. The molecule has 0 amide bonds. The summed E-state index contributed by atoms with van der Waals surface area (Å²) in [7, 11) is 3.74. The van der Waals surface area contributed by atoms with E-state index < -0.39 is 0 Å². The van der Waals surface area contributed by atoms with Crippen LogP contribution in [0.5, 0.6) is 5.95 Å². The van der Waals surface area contributed by atoms with Gasteiger partial charge in [0.1, 0.15) is 5.69 Å². The molecule has 1 aromatic heterocycles. The maximum atomic E-state index is 9.13. The molecule has 1 aromatic rings. The number of hydrogen-bond donors (Lipinski definition) is 2. The third kappa shape index (κ3) is 1.88. The highest BCUT2D eigenvalue weighted by molar-refractivity contribution is 5.50. The van der Waals surface area contributed by atoms with Crippen molar-refractivity contribution in [1.82, 2.24) is 10.5 Å². The van der Waals surface area contributed by atoms with E-state index in [1.165, 1.54) is 6.20 Å². The summed E-state index contributed by atoms with van der Waals surface area (Å²) in [4.78, 5) is 1.86. The molecular weight excluding hydrogens is 158 g/mol. The molecule has 0 saturated heterocycles. The van der Waals surface area contributed by atoms with Crippen LogP contribution in [0.25, 0.3) is 0 Å². The van der Waals surface area contributed by atoms with E-state index in [4.69, 9.17) is 5.11 Å². The van der Waals surface area contributed by atoms with Gasteiger partial charge < -0.3 is 19.8 Å². The first-order valence-corrected chi connectivity index (χ1v) is 3.75. The number of nitrogens with one attached hydrogen (secondary N) is 1.